The first-order valence-electron chi connectivity index (χ1n) is 25.2. The molecule has 2 aromatic carbocycles. The van der Waals surface area contributed by atoms with Gasteiger partial charge in [0.1, 0.15) is 17.8 Å². The number of nitrogens with zero attached hydrogens (tertiary/aromatic N) is 9. The SMILES string of the molecule is Cc1ncsc1-c1ccc(CNC(=O)[C@@H]2C[C@@H](O)CN2C(=O)[C@@H](NC(=O)CCCCCN2CCC(c3cnc(N4C5CCC4CN(c4cc(-c6ccccc6O)nnc4N)C5)nc3)CC2)C(C)(C)C)cc1. The molecule has 0 aliphatic carbocycles. The van der Waals surface area contributed by atoms with Crippen LogP contribution in [0.3, 0.4) is 0 Å². The number of phenols is 1. The van der Waals surface area contributed by atoms with Gasteiger partial charge in [0.15, 0.2) is 5.82 Å². The van der Waals surface area contributed by atoms with E-state index in [0.717, 1.165) is 105 Å². The van der Waals surface area contributed by atoms with Gasteiger partial charge in [-0.25, -0.2) is 15.0 Å². The van der Waals surface area contributed by atoms with Crippen LogP contribution in [0.5, 0.6) is 5.75 Å². The molecule has 9 rings (SSSR count). The van der Waals surface area contributed by atoms with E-state index in [4.69, 9.17) is 15.7 Å². The number of aliphatic hydroxyl groups excluding tert-OH is 1. The minimum atomic E-state index is -0.851. The topological polar surface area (TPSA) is 219 Å². The summed E-state index contributed by atoms with van der Waals surface area (Å²) in [6.07, 6.45) is 10.4. The number of anilines is 3. The first-order chi connectivity index (χ1) is 34.2. The molecule has 5 aromatic rings. The Balaban J connectivity index is 0.691. The number of benzene rings is 2. The van der Waals surface area contributed by atoms with E-state index in [1.54, 1.807) is 23.5 Å². The van der Waals surface area contributed by atoms with E-state index < -0.39 is 23.6 Å². The number of piperazine rings is 1. The summed E-state index contributed by atoms with van der Waals surface area (Å²) in [5, 5.41) is 35.6. The summed E-state index contributed by atoms with van der Waals surface area (Å²) in [4.78, 5) is 64.9. The molecule has 376 valence electrons. The highest BCUT2D eigenvalue weighted by Crippen LogP contribution is 2.39. The van der Waals surface area contributed by atoms with E-state index in [1.807, 2.05) is 88.1 Å². The van der Waals surface area contributed by atoms with Crippen LogP contribution < -0.4 is 26.2 Å². The van der Waals surface area contributed by atoms with Crippen LogP contribution in [0.15, 0.2) is 72.5 Å². The lowest BCUT2D eigenvalue weighted by Crippen LogP contribution is -2.57. The molecule has 0 radical (unpaired) electrons. The maximum Gasteiger partial charge on any atom is 0.246 e. The van der Waals surface area contributed by atoms with Gasteiger partial charge in [0.25, 0.3) is 0 Å². The van der Waals surface area contributed by atoms with Gasteiger partial charge in [0.2, 0.25) is 23.7 Å². The number of hydrogen-bond acceptors (Lipinski definition) is 15. The van der Waals surface area contributed by atoms with Crippen molar-refractivity contribution in [3.05, 3.63) is 89.3 Å². The average molecular weight is 985 g/mol. The van der Waals surface area contributed by atoms with Crippen molar-refractivity contribution in [1.29, 1.82) is 0 Å². The van der Waals surface area contributed by atoms with Gasteiger partial charge in [-0.3, -0.25) is 14.4 Å². The van der Waals surface area contributed by atoms with Crippen molar-refractivity contribution in [3.8, 4) is 27.4 Å². The second kappa shape index (κ2) is 21.6. The molecule has 3 aromatic heterocycles. The number of aromatic nitrogens is 5. The number of fused-ring (bicyclic) bond motifs is 2. The molecule has 17 nitrogen and oxygen atoms in total. The highest BCUT2D eigenvalue weighted by Gasteiger charge is 2.45. The molecule has 71 heavy (non-hydrogen) atoms. The zero-order valence-electron chi connectivity index (χ0n) is 41.3. The first-order valence-corrected chi connectivity index (χ1v) is 26.1. The minimum Gasteiger partial charge on any atom is -0.507 e. The number of β-amino-alcohol motifs (C(OH)–C–C–N with tert-alkyl or cyclic N) is 1. The fourth-order valence-corrected chi connectivity index (χ4v) is 11.7. The van der Waals surface area contributed by atoms with Gasteiger partial charge in [0, 0.05) is 69.1 Å². The molecule has 0 spiro atoms. The number of aliphatic hydroxyl groups is 1. The summed E-state index contributed by atoms with van der Waals surface area (Å²) < 4.78 is 0. The standard InChI is InChI=1S/C53H68N12O5S/c1-33-47(71-32-58-33)36-15-13-34(14-16-36)26-55-50(69)44-24-40(66)31-64(44)51(70)48(53(2,3)4)59-46(68)12-6-5-9-21-62-22-19-35(20-23-62)37-27-56-52(57-28-37)65-38-17-18-39(65)30-63(29-38)43-25-42(60-61-49(43)54)41-10-7-8-11-45(41)67/h7-8,10-11,13-16,25,27-28,32,35,38-40,44,48,66-67H,5-6,9,12,17-24,26,29-31H2,1-4H3,(H2,54,61)(H,55,69)(H,59,68)/t38?,39?,40-,44+,48-/m1/s1. The summed E-state index contributed by atoms with van der Waals surface area (Å²) in [6, 6.07) is 15.8. The van der Waals surface area contributed by atoms with E-state index in [-0.39, 0.29) is 55.1 Å². The van der Waals surface area contributed by atoms with Crippen LogP contribution in [0.25, 0.3) is 21.7 Å². The number of unbranched alkanes of at least 4 members (excludes halogenated alkanes) is 2. The van der Waals surface area contributed by atoms with Crippen molar-refractivity contribution in [3.63, 3.8) is 0 Å². The van der Waals surface area contributed by atoms with Gasteiger partial charge < -0.3 is 46.2 Å². The van der Waals surface area contributed by atoms with Gasteiger partial charge in [-0.2, -0.15) is 0 Å². The molecule has 7 heterocycles. The maximum absolute atomic E-state index is 14.1. The lowest BCUT2D eigenvalue weighted by molar-refractivity contribution is -0.144. The number of carbonyl (C=O) groups is 3. The van der Waals surface area contributed by atoms with Crippen LogP contribution in [0.1, 0.15) is 101 Å². The van der Waals surface area contributed by atoms with Gasteiger partial charge in [0.05, 0.1) is 33.6 Å². The first kappa shape index (κ1) is 49.7. The summed E-state index contributed by atoms with van der Waals surface area (Å²) in [5.74, 6) is 0.852. The second-order valence-electron chi connectivity index (χ2n) is 20.9. The largest absolute Gasteiger partial charge is 0.507 e. The van der Waals surface area contributed by atoms with E-state index >= 15 is 0 Å². The molecule has 4 aliphatic rings. The molecule has 3 amide bonds. The minimum absolute atomic E-state index is 0.0359. The zero-order chi connectivity index (χ0) is 49.8. The lowest BCUT2D eigenvalue weighted by Gasteiger charge is -2.42. The fraction of sp³-hybridized carbons (Fsp3) is 0.509. The number of likely N-dealkylation sites (tertiary alicyclic amines) is 2. The number of amides is 3. The molecular formula is C53H68N12O5S. The van der Waals surface area contributed by atoms with Crippen molar-refractivity contribution in [2.45, 2.75) is 128 Å². The van der Waals surface area contributed by atoms with Gasteiger partial charge >= 0.3 is 0 Å². The van der Waals surface area contributed by atoms with E-state index in [0.29, 0.717) is 35.8 Å². The molecular weight excluding hydrogens is 917 g/mol. The summed E-state index contributed by atoms with van der Waals surface area (Å²) >= 11 is 1.59. The highest BCUT2D eigenvalue weighted by molar-refractivity contribution is 7.13. The number of aryl methyl sites for hydroxylation is 1. The lowest BCUT2D eigenvalue weighted by atomic mass is 9.85. The number of rotatable bonds is 16. The number of carbonyl (C=O) groups excluding carboxylic acids is 3. The predicted molar refractivity (Wildman–Crippen MR) is 276 cm³/mol. The van der Waals surface area contributed by atoms with Gasteiger partial charge in [-0.1, -0.05) is 63.6 Å². The average Bonchev–Trinajstić information content (AvgIpc) is 4.06. The Morgan fingerprint density at radius 3 is 2.30 bits per heavy atom. The number of nitrogens with one attached hydrogen (secondary N) is 2. The Labute approximate surface area is 420 Å². The van der Waals surface area contributed by atoms with E-state index in [1.165, 1.54) is 10.5 Å². The van der Waals surface area contributed by atoms with Crippen LogP contribution in [-0.2, 0) is 20.9 Å². The van der Waals surface area contributed by atoms with Gasteiger partial charge in [-0.15, -0.1) is 21.5 Å². The number of thiazole rings is 1. The van der Waals surface area contributed by atoms with Crippen molar-refractivity contribution in [2.24, 2.45) is 5.41 Å². The third-order valence-electron chi connectivity index (χ3n) is 14.8. The third kappa shape index (κ3) is 11.4. The van der Waals surface area contributed by atoms with Gasteiger partial charge in [-0.05, 0) is 111 Å². The molecule has 2 unspecified atom stereocenters. The van der Waals surface area contributed by atoms with E-state index in [2.05, 4.69) is 40.5 Å². The number of piperidine rings is 1. The summed E-state index contributed by atoms with van der Waals surface area (Å²) in [6.45, 7) is 12.5. The summed E-state index contributed by atoms with van der Waals surface area (Å²) in [7, 11) is 0. The second-order valence-corrected chi connectivity index (χ2v) is 21.8. The predicted octanol–water partition coefficient (Wildman–Crippen LogP) is 6.06. The normalized spacial score (nSPS) is 21.1. The number of para-hydroxylation sites is 1. The number of phenolic OH excluding ortho intramolecular Hbond substituents is 1. The third-order valence-corrected chi connectivity index (χ3v) is 15.8. The molecule has 4 aliphatic heterocycles. The molecule has 2 bridgehead atoms. The van der Waals surface area contributed by atoms with Crippen LogP contribution >= 0.6 is 11.3 Å². The Morgan fingerprint density at radius 1 is 0.901 bits per heavy atom. The van der Waals surface area contributed by atoms with Crippen molar-refractivity contribution < 1.29 is 24.6 Å². The number of hydrogen-bond donors (Lipinski definition) is 5. The number of nitrogens with two attached hydrogens (primary N) is 1. The highest BCUT2D eigenvalue weighted by atomic mass is 32.1. The number of nitrogen functional groups attached to an aromatic ring is 1. The smallest absolute Gasteiger partial charge is 0.246 e. The molecule has 18 heteroatoms. The van der Waals surface area contributed by atoms with Crippen molar-refractivity contribution in [2.75, 3.05) is 54.8 Å². The quantitative estimate of drug-likeness (QED) is 0.0711. The zero-order valence-corrected chi connectivity index (χ0v) is 42.2. The van der Waals surface area contributed by atoms with Crippen LogP contribution in [0.2, 0.25) is 0 Å². The number of aromatic hydroxyl groups is 1. The molecule has 0 saturated carbocycles. The van der Waals surface area contributed by atoms with Crippen LogP contribution in [-0.4, -0.2) is 132 Å². The van der Waals surface area contributed by atoms with E-state index in [9.17, 15) is 24.6 Å². The molecule has 4 fully saturated rings. The Morgan fingerprint density at radius 2 is 1.62 bits per heavy atom. The monoisotopic (exact) mass is 985 g/mol. The van der Waals surface area contributed by atoms with Crippen LogP contribution in [0, 0.1) is 12.3 Å². The molecule has 4 saturated heterocycles. The summed E-state index contributed by atoms with van der Waals surface area (Å²) in [5.41, 5.74) is 13.8. The fourth-order valence-electron chi connectivity index (χ4n) is 10.9. The van der Waals surface area contributed by atoms with Crippen LogP contribution in [0.4, 0.5) is 17.5 Å². The molecule has 5 atom stereocenters. The maximum atomic E-state index is 14.1. The Kier molecular flexibility index (Phi) is 15.1. The Bertz CT molecular complexity index is 2640. The Hall–Kier alpha value is -6.24. The van der Waals surface area contributed by atoms with Crippen molar-refractivity contribution in [1.82, 2.24) is 45.6 Å². The van der Waals surface area contributed by atoms with Crippen molar-refractivity contribution >= 4 is 46.5 Å². The molecule has 6 N–H and O–H groups in total.